The zero-order valence-electron chi connectivity index (χ0n) is 11.6. The Morgan fingerprint density at radius 1 is 1.33 bits per heavy atom. The summed E-state index contributed by atoms with van der Waals surface area (Å²) in [6.45, 7) is 1.72. The van der Waals surface area contributed by atoms with Crippen molar-refractivity contribution in [3.63, 3.8) is 0 Å². The fourth-order valence-corrected chi connectivity index (χ4v) is 3.59. The zero-order valence-corrected chi connectivity index (χ0v) is 13.9. The smallest absolute Gasteiger partial charge is 0.125 e. The van der Waals surface area contributed by atoms with Crippen LogP contribution < -0.4 is 10.2 Å². The molecule has 2 nitrogen and oxygen atoms in total. The summed E-state index contributed by atoms with van der Waals surface area (Å²) in [5, 5.41) is 3.65. The predicted molar refractivity (Wildman–Crippen MR) is 89.9 cm³/mol. The highest BCUT2D eigenvalue weighted by atomic mass is 79.9. The van der Waals surface area contributed by atoms with Gasteiger partial charge >= 0.3 is 0 Å². The van der Waals surface area contributed by atoms with Gasteiger partial charge in [0.05, 0.1) is 10.7 Å². The van der Waals surface area contributed by atoms with E-state index in [2.05, 4.69) is 51.4 Å². The number of fused-ring (bicyclic) bond motifs is 1. The molecule has 2 aromatic rings. The second-order valence-electron chi connectivity index (χ2n) is 5.23. The fraction of sp³-hybridized carbons (Fsp3) is 0.250. The molecule has 1 aliphatic heterocycles. The summed E-state index contributed by atoms with van der Waals surface area (Å²) >= 11 is 9.41. The van der Waals surface area contributed by atoms with Gasteiger partial charge in [-0.15, -0.1) is 0 Å². The molecular weight excluding hydrogens is 355 g/mol. The van der Waals surface area contributed by atoms with Crippen LogP contribution in [-0.4, -0.2) is 13.6 Å². The molecule has 0 aliphatic carbocycles. The summed E-state index contributed by atoms with van der Waals surface area (Å²) < 4.78 is 13.8. The van der Waals surface area contributed by atoms with Crippen LogP contribution in [-0.2, 0) is 13.0 Å². The van der Waals surface area contributed by atoms with Gasteiger partial charge in [-0.25, -0.2) is 4.39 Å². The van der Waals surface area contributed by atoms with Gasteiger partial charge in [0.1, 0.15) is 5.82 Å². The van der Waals surface area contributed by atoms with Crippen molar-refractivity contribution in [1.82, 2.24) is 0 Å². The van der Waals surface area contributed by atoms with E-state index >= 15 is 0 Å². The molecular formula is C16H15BrClFN2. The normalized spacial score (nSPS) is 13.4. The summed E-state index contributed by atoms with van der Waals surface area (Å²) in [5.41, 5.74) is 4.59. The Kier molecular flexibility index (Phi) is 4.09. The summed E-state index contributed by atoms with van der Waals surface area (Å²) in [6.07, 6.45) is 1.08. The van der Waals surface area contributed by atoms with Crippen molar-refractivity contribution in [1.29, 1.82) is 0 Å². The summed E-state index contributed by atoms with van der Waals surface area (Å²) in [7, 11) is 2.11. The quantitative estimate of drug-likeness (QED) is 0.832. The minimum atomic E-state index is -0.349. The number of nitrogens with one attached hydrogen (secondary N) is 1. The SMILES string of the molecule is CN1CCc2cc(CNc3c(Cl)cc(F)cc3Br)ccc21. The molecule has 2 aromatic carbocycles. The molecule has 0 saturated heterocycles. The average molecular weight is 370 g/mol. The second-order valence-corrected chi connectivity index (χ2v) is 6.49. The Morgan fingerprint density at radius 2 is 2.14 bits per heavy atom. The standard InChI is InChI=1S/C16H15BrClFN2/c1-21-5-4-11-6-10(2-3-15(11)21)9-20-16-13(17)7-12(19)8-14(16)18/h2-3,6-8,20H,4-5,9H2,1H3. The molecule has 0 radical (unpaired) electrons. The number of rotatable bonds is 3. The van der Waals surface area contributed by atoms with Crippen molar-refractivity contribution in [2.24, 2.45) is 0 Å². The molecule has 21 heavy (non-hydrogen) atoms. The van der Waals surface area contributed by atoms with E-state index in [0.717, 1.165) is 18.7 Å². The highest BCUT2D eigenvalue weighted by molar-refractivity contribution is 9.10. The molecule has 1 aliphatic rings. The molecule has 1 heterocycles. The molecule has 0 amide bonds. The van der Waals surface area contributed by atoms with E-state index < -0.39 is 0 Å². The van der Waals surface area contributed by atoms with Gasteiger partial charge in [0.15, 0.2) is 0 Å². The Labute approximate surface area is 137 Å². The van der Waals surface area contributed by atoms with Crippen LogP contribution in [0, 0.1) is 5.82 Å². The molecule has 0 spiro atoms. The molecule has 0 bridgehead atoms. The lowest BCUT2D eigenvalue weighted by molar-refractivity contribution is 0.627. The minimum Gasteiger partial charge on any atom is -0.379 e. The molecule has 1 N–H and O–H groups in total. The number of benzene rings is 2. The first-order valence-electron chi connectivity index (χ1n) is 6.76. The van der Waals surface area contributed by atoms with Gasteiger partial charge in [0.2, 0.25) is 0 Å². The van der Waals surface area contributed by atoms with Gasteiger partial charge in [0.25, 0.3) is 0 Å². The van der Waals surface area contributed by atoms with E-state index in [4.69, 9.17) is 11.6 Å². The second kappa shape index (κ2) is 5.85. The van der Waals surface area contributed by atoms with Crippen molar-refractivity contribution in [3.8, 4) is 0 Å². The third-order valence-corrected chi connectivity index (χ3v) is 4.67. The van der Waals surface area contributed by atoms with Gasteiger partial charge < -0.3 is 10.2 Å². The Hall–Kier alpha value is -1.26. The van der Waals surface area contributed by atoms with Gasteiger partial charge in [-0.2, -0.15) is 0 Å². The molecule has 0 atom stereocenters. The van der Waals surface area contributed by atoms with E-state index in [1.54, 1.807) is 0 Å². The zero-order chi connectivity index (χ0) is 15.0. The lowest BCUT2D eigenvalue weighted by Crippen LogP contribution is -2.12. The highest BCUT2D eigenvalue weighted by Gasteiger charge is 2.15. The maximum Gasteiger partial charge on any atom is 0.125 e. The van der Waals surface area contributed by atoms with Crippen molar-refractivity contribution in [2.75, 3.05) is 23.8 Å². The summed E-state index contributed by atoms with van der Waals surface area (Å²) in [4.78, 5) is 2.26. The third kappa shape index (κ3) is 3.01. The largest absolute Gasteiger partial charge is 0.379 e. The van der Waals surface area contributed by atoms with E-state index in [0.29, 0.717) is 16.0 Å². The van der Waals surface area contributed by atoms with Gasteiger partial charge in [-0.05, 0) is 51.7 Å². The highest BCUT2D eigenvalue weighted by Crippen LogP contribution is 2.33. The molecule has 0 saturated carbocycles. The first kappa shape index (κ1) is 14.7. The van der Waals surface area contributed by atoms with Crippen LogP contribution in [0.15, 0.2) is 34.8 Å². The van der Waals surface area contributed by atoms with Gasteiger partial charge in [-0.3, -0.25) is 0 Å². The van der Waals surface area contributed by atoms with Crippen LogP contribution in [0.3, 0.4) is 0 Å². The number of anilines is 2. The van der Waals surface area contributed by atoms with Crippen LogP contribution in [0.25, 0.3) is 0 Å². The molecule has 0 unspecified atom stereocenters. The predicted octanol–water partition coefficient (Wildman–Crippen LogP) is 4.85. The topological polar surface area (TPSA) is 15.3 Å². The van der Waals surface area contributed by atoms with Crippen LogP contribution in [0.4, 0.5) is 15.8 Å². The van der Waals surface area contributed by atoms with Crippen LogP contribution in [0.5, 0.6) is 0 Å². The number of likely N-dealkylation sites (N-methyl/N-ethyl adjacent to an activating group) is 1. The Balaban J connectivity index is 1.77. The van der Waals surface area contributed by atoms with Crippen molar-refractivity contribution in [3.05, 3.63) is 56.8 Å². The average Bonchev–Trinajstić information content (AvgIpc) is 2.79. The van der Waals surface area contributed by atoms with Crippen molar-refractivity contribution < 1.29 is 4.39 Å². The molecule has 110 valence electrons. The number of hydrogen-bond donors (Lipinski definition) is 1. The van der Waals surface area contributed by atoms with Crippen molar-refractivity contribution >= 4 is 38.9 Å². The molecule has 0 aromatic heterocycles. The number of hydrogen-bond acceptors (Lipinski definition) is 2. The number of nitrogens with zero attached hydrogens (tertiary/aromatic N) is 1. The van der Waals surface area contributed by atoms with Crippen LogP contribution >= 0.6 is 27.5 Å². The van der Waals surface area contributed by atoms with E-state index in [1.807, 2.05) is 0 Å². The van der Waals surface area contributed by atoms with Crippen LogP contribution in [0.1, 0.15) is 11.1 Å². The monoisotopic (exact) mass is 368 g/mol. The molecule has 0 fully saturated rings. The molecule has 3 rings (SSSR count). The molecule has 5 heteroatoms. The van der Waals surface area contributed by atoms with E-state index in [9.17, 15) is 4.39 Å². The summed E-state index contributed by atoms with van der Waals surface area (Å²) in [6, 6.07) is 9.20. The van der Waals surface area contributed by atoms with Crippen molar-refractivity contribution in [2.45, 2.75) is 13.0 Å². The van der Waals surface area contributed by atoms with Crippen LogP contribution in [0.2, 0.25) is 5.02 Å². The fourth-order valence-electron chi connectivity index (χ4n) is 2.63. The van der Waals surface area contributed by atoms with E-state index in [1.165, 1.54) is 28.9 Å². The first-order valence-corrected chi connectivity index (χ1v) is 7.93. The maximum atomic E-state index is 13.2. The van der Waals surface area contributed by atoms with E-state index in [-0.39, 0.29) is 5.82 Å². The Morgan fingerprint density at radius 3 is 2.90 bits per heavy atom. The van der Waals surface area contributed by atoms with Gasteiger partial charge in [0, 0.05) is 30.3 Å². The lowest BCUT2D eigenvalue weighted by atomic mass is 10.1. The minimum absolute atomic E-state index is 0.349. The lowest BCUT2D eigenvalue weighted by Gasteiger charge is -2.14. The Bertz CT molecular complexity index is 667. The third-order valence-electron chi connectivity index (χ3n) is 3.75. The first-order chi connectivity index (χ1) is 10.0. The summed E-state index contributed by atoms with van der Waals surface area (Å²) in [5.74, 6) is -0.349. The van der Waals surface area contributed by atoms with Gasteiger partial charge in [-0.1, -0.05) is 23.7 Å². The maximum absolute atomic E-state index is 13.2. The number of halogens is 3.